The number of fused-ring (bicyclic) bond motifs is 13. The fourth-order valence-electron chi connectivity index (χ4n) is 3.57. The summed E-state index contributed by atoms with van der Waals surface area (Å²) < 4.78 is 10.5. The lowest BCUT2D eigenvalue weighted by Gasteiger charge is -2.24. The Morgan fingerprint density at radius 2 is 1.86 bits per heavy atom. The number of methoxy groups -OCH3 is 1. The molecule has 0 saturated heterocycles. The van der Waals surface area contributed by atoms with E-state index in [1.807, 2.05) is 12.1 Å². The minimum Gasteiger partial charge on any atom is -0.490 e. The molecule has 35 heavy (non-hydrogen) atoms. The molecule has 2 heterocycles. The van der Waals surface area contributed by atoms with Crippen molar-refractivity contribution in [2.24, 2.45) is 0 Å². The summed E-state index contributed by atoms with van der Waals surface area (Å²) in [6.07, 6.45) is 5.46. The molecule has 4 N–H and O–H groups in total. The highest BCUT2D eigenvalue weighted by molar-refractivity contribution is 6.13. The molecule has 0 spiro atoms. The number of hydrogen-bond donors (Lipinski definition) is 4. The average molecular weight is 509 g/mol. The molecule has 2 bridgehead atoms. The van der Waals surface area contributed by atoms with Gasteiger partial charge in [0.2, 0.25) is 17.7 Å². The maximum atomic E-state index is 13.2. The second-order valence-corrected chi connectivity index (χ2v) is 8.41. The van der Waals surface area contributed by atoms with Gasteiger partial charge in [-0.1, -0.05) is 24.3 Å². The van der Waals surface area contributed by atoms with E-state index in [1.165, 1.54) is 14.0 Å². The summed E-state index contributed by atoms with van der Waals surface area (Å²) >= 11 is 5.51. The Labute approximate surface area is 210 Å². The van der Waals surface area contributed by atoms with Crippen LogP contribution < -0.4 is 25.5 Å². The molecule has 0 unspecified atom stereocenters. The van der Waals surface area contributed by atoms with Gasteiger partial charge in [-0.25, -0.2) is 9.63 Å². The van der Waals surface area contributed by atoms with E-state index < -0.39 is 35.9 Å². The molecule has 192 valence electrons. The summed E-state index contributed by atoms with van der Waals surface area (Å²) in [7, 11) is 1.24. The molecule has 1 aromatic rings. The number of amides is 3. The van der Waals surface area contributed by atoms with E-state index in [0.717, 1.165) is 5.56 Å². The molecule has 3 atom stereocenters. The molecule has 2 aliphatic rings. The van der Waals surface area contributed by atoms with Crippen molar-refractivity contribution in [3.63, 3.8) is 0 Å². The Hall–Kier alpha value is -3.11. The van der Waals surface area contributed by atoms with Gasteiger partial charge in [0.15, 0.2) is 0 Å². The van der Waals surface area contributed by atoms with Crippen molar-refractivity contribution in [1.29, 1.82) is 0 Å². The van der Waals surface area contributed by atoms with Crippen molar-refractivity contribution in [3.05, 3.63) is 42.0 Å². The van der Waals surface area contributed by atoms with Gasteiger partial charge in [-0.2, -0.15) is 0 Å². The van der Waals surface area contributed by atoms with Gasteiger partial charge in [-0.3, -0.25) is 14.4 Å². The first-order valence-corrected chi connectivity index (χ1v) is 11.9. The number of benzene rings is 1. The highest BCUT2D eigenvalue weighted by Gasteiger charge is 2.29. The van der Waals surface area contributed by atoms with E-state index in [9.17, 15) is 19.2 Å². The lowest BCUT2D eigenvalue weighted by atomic mass is 10.0. The van der Waals surface area contributed by atoms with Crippen molar-refractivity contribution in [3.8, 4) is 5.75 Å². The standard InChI is InChI=1S/C24H33ClN4O6/c1-16(30)27-21-15-17-9-11-18(12-10-17)35-14-6-4-8-20(24(33)34-2)29-22(31)19(28-23(21)32)7-3-5-13-26-25/h4,6,9-12,19-21,26H,3,5,7-8,13-15H2,1-2H3,(H,27,30)(H,28,32)(H,29,31)/t19-,20-,21-/m0/s1. The molecule has 3 amide bonds. The number of ether oxygens (including phenoxy) is 2. The number of carbonyl (C=O) groups excluding carboxylic acids is 4. The van der Waals surface area contributed by atoms with Gasteiger partial charge in [-0.05, 0) is 55.2 Å². The second-order valence-electron chi connectivity index (χ2n) is 8.14. The highest BCUT2D eigenvalue weighted by Crippen LogP contribution is 2.14. The van der Waals surface area contributed by atoms with Crippen molar-refractivity contribution in [2.45, 2.75) is 57.2 Å². The van der Waals surface area contributed by atoms with Gasteiger partial charge < -0.3 is 25.4 Å². The van der Waals surface area contributed by atoms with Crippen LogP contribution >= 0.6 is 11.8 Å². The van der Waals surface area contributed by atoms with E-state index in [2.05, 4.69) is 20.8 Å². The van der Waals surface area contributed by atoms with Crippen molar-refractivity contribution >= 4 is 35.5 Å². The zero-order valence-electron chi connectivity index (χ0n) is 20.0. The molecule has 2 aliphatic heterocycles. The Balaban J connectivity index is 2.33. The van der Waals surface area contributed by atoms with Crippen molar-refractivity contribution in [2.75, 3.05) is 20.3 Å². The van der Waals surface area contributed by atoms with Crippen LogP contribution in [0.4, 0.5) is 0 Å². The van der Waals surface area contributed by atoms with Crippen LogP contribution in [0, 0.1) is 0 Å². The average Bonchev–Trinajstić information content (AvgIpc) is 2.84. The normalized spacial score (nSPS) is 21.3. The summed E-state index contributed by atoms with van der Waals surface area (Å²) in [5, 5.41) is 8.07. The zero-order chi connectivity index (χ0) is 25.6. The minimum atomic E-state index is -0.937. The number of esters is 1. The molecule has 0 saturated carbocycles. The summed E-state index contributed by atoms with van der Waals surface area (Å²) in [4.78, 5) is 52.8. The van der Waals surface area contributed by atoms with E-state index in [1.54, 1.807) is 24.3 Å². The summed E-state index contributed by atoms with van der Waals surface area (Å²) in [5.41, 5.74) is 0.811. The lowest BCUT2D eigenvalue weighted by Crippen LogP contribution is -2.56. The number of halogens is 1. The third-order valence-corrected chi connectivity index (χ3v) is 5.58. The highest BCUT2D eigenvalue weighted by atomic mass is 35.5. The Morgan fingerprint density at radius 1 is 1.11 bits per heavy atom. The molecule has 0 aromatic heterocycles. The van der Waals surface area contributed by atoms with Gasteiger partial charge in [-0.15, -0.1) is 0 Å². The Kier molecular flexibility index (Phi) is 12.1. The fraction of sp³-hybridized carbons (Fsp3) is 0.500. The van der Waals surface area contributed by atoms with Crippen LogP contribution in [0.15, 0.2) is 36.4 Å². The molecular weight excluding hydrogens is 476 g/mol. The predicted molar refractivity (Wildman–Crippen MR) is 131 cm³/mol. The number of hydrogen-bond acceptors (Lipinski definition) is 7. The maximum Gasteiger partial charge on any atom is 0.328 e. The van der Waals surface area contributed by atoms with Gasteiger partial charge in [0.1, 0.15) is 30.5 Å². The zero-order valence-corrected chi connectivity index (χ0v) is 20.7. The van der Waals surface area contributed by atoms with Crippen LogP contribution in [-0.4, -0.2) is 62.1 Å². The molecule has 0 radical (unpaired) electrons. The predicted octanol–water partition coefficient (Wildman–Crippen LogP) is 1.13. The molecule has 10 nitrogen and oxygen atoms in total. The molecule has 1 aromatic carbocycles. The number of nitrogens with one attached hydrogen (secondary N) is 4. The van der Waals surface area contributed by atoms with Crippen LogP contribution in [0.2, 0.25) is 0 Å². The third kappa shape index (κ3) is 9.96. The number of rotatable bonds is 7. The minimum absolute atomic E-state index is 0.187. The van der Waals surface area contributed by atoms with E-state index in [0.29, 0.717) is 31.6 Å². The first kappa shape index (κ1) is 28.1. The first-order valence-electron chi connectivity index (χ1n) is 11.5. The van der Waals surface area contributed by atoms with E-state index in [4.69, 9.17) is 21.3 Å². The van der Waals surface area contributed by atoms with Gasteiger partial charge in [0, 0.05) is 19.9 Å². The fourth-order valence-corrected chi connectivity index (χ4v) is 3.70. The van der Waals surface area contributed by atoms with Crippen LogP contribution in [0.1, 0.15) is 38.2 Å². The SMILES string of the molecule is COC(=O)[C@@H]1CC=CCOc2ccc(cc2)C[C@H](NC(C)=O)C(=O)N[C@@H](CCCCNCl)C(=O)N1. The molecule has 3 rings (SSSR count). The summed E-state index contributed by atoms with van der Waals surface area (Å²) in [6, 6.07) is 4.43. The van der Waals surface area contributed by atoms with Crippen LogP contribution in [0.3, 0.4) is 0 Å². The van der Waals surface area contributed by atoms with E-state index >= 15 is 0 Å². The van der Waals surface area contributed by atoms with Crippen LogP contribution in [-0.2, 0) is 30.3 Å². The van der Waals surface area contributed by atoms with Gasteiger partial charge in [0.25, 0.3) is 0 Å². The maximum absolute atomic E-state index is 13.2. The van der Waals surface area contributed by atoms with Gasteiger partial charge >= 0.3 is 5.97 Å². The van der Waals surface area contributed by atoms with Crippen molar-refractivity contribution in [1.82, 2.24) is 20.8 Å². The first-order chi connectivity index (χ1) is 16.8. The smallest absolute Gasteiger partial charge is 0.328 e. The molecular formula is C24H33ClN4O6. The van der Waals surface area contributed by atoms with Gasteiger partial charge in [0.05, 0.1) is 7.11 Å². The monoisotopic (exact) mass is 508 g/mol. The van der Waals surface area contributed by atoms with Crippen molar-refractivity contribution < 1.29 is 28.7 Å². The van der Waals surface area contributed by atoms with E-state index in [-0.39, 0.29) is 25.4 Å². The van der Waals surface area contributed by atoms with Crippen LogP contribution in [0.25, 0.3) is 0 Å². The molecule has 11 heteroatoms. The lowest BCUT2D eigenvalue weighted by molar-refractivity contribution is -0.145. The Bertz CT molecular complexity index is 893. The molecule has 0 aliphatic carbocycles. The largest absolute Gasteiger partial charge is 0.490 e. The number of unbranched alkanes of at least 4 members (excludes halogenated alkanes) is 1. The second kappa shape index (κ2) is 15.0. The quantitative estimate of drug-likeness (QED) is 0.188. The summed E-state index contributed by atoms with van der Waals surface area (Å²) in [6.45, 7) is 2.13. The topological polar surface area (TPSA) is 135 Å². The number of carbonyl (C=O) groups is 4. The summed E-state index contributed by atoms with van der Waals surface area (Å²) in [5.74, 6) is -1.37. The molecule has 0 fully saturated rings. The Morgan fingerprint density at radius 3 is 2.51 bits per heavy atom. The third-order valence-electron chi connectivity index (χ3n) is 5.39. The van der Waals surface area contributed by atoms with Crippen LogP contribution in [0.5, 0.6) is 5.75 Å².